The zero-order chi connectivity index (χ0) is 26.1. The minimum Gasteiger partial charge on any atom is -0.463 e. The van der Waals surface area contributed by atoms with Crippen LogP contribution in [0, 0.1) is 0 Å². The molecule has 0 aromatic carbocycles. The largest absolute Gasteiger partial charge is 0.463 e. The molecule has 1 aliphatic rings. The molecule has 1 N–H and O–H groups in total. The van der Waals surface area contributed by atoms with Crippen molar-refractivity contribution in [2.45, 2.75) is 148 Å². The van der Waals surface area contributed by atoms with Crippen LogP contribution in [0.3, 0.4) is 0 Å². The SMILES string of the molecule is CCCCCCCC/C=C\CCCCCCCC(=O)NC(CC)COC(=O)CCCN1CCCCC1. The molecule has 0 spiro atoms. The van der Waals surface area contributed by atoms with Gasteiger partial charge in [0.2, 0.25) is 5.91 Å². The monoisotopic (exact) mass is 506 g/mol. The number of likely N-dealkylation sites (tertiary alicyclic amines) is 1. The van der Waals surface area contributed by atoms with Gasteiger partial charge in [-0.25, -0.2) is 0 Å². The van der Waals surface area contributed by atoms with Crippen molar-refractivity contribution in [1.29, 1.82) is 0 Å². The minimum atomic E-state index is -0.142. The summed E-state index contributed by atoms with van der Waals surface area (Å²) >= 11 is 0. The first-order chi connectivity index (χ1) is 17.7. The number of piperidine rings is 1. The molecule has 1 fully saturated rings. The lowest BCUT2D eigenvalue weighted by atomic mass is 10.1. The highest BCUT2D eigenvalue weighted by atomic mass is 16.5. The summed E-state index contributed by atoms with van der Waals surface area (Å²) in [6, 6.07) is -0.0772. The van der Waals surface area contributed by atoms with E-state index in [1.165, 1.54) is 89.9 Å². The molecular formula is C31H58N2O3. The number of nitrogens with one attached hydrogen (secondary N) is 1. The predicted octanol–water partition coefficient (Wildman–Crippen LogP) is 7.73. The maximum absolute atomic E-state index is 12.3. The van der Waals surface area contributed by atoms with Crippen LogP contribution in [-0.2, 0) is 14.3 Å². The van der Waals surface area contributed by atoms with Crippen molar-refractivity contribution >= 4 is 11.9 Å². The van der Waals surface area contributed by atoms with E-state index in [2.05, 4.69) is 29.3 Å². The number of hydrogen-bond donors (Lipinski definition) is 1. The fourth-order valence-electron chi connectivity index (χ4n) is 4.81. The molecular weight excluding hydrogens is 448 g/mol. The molecule has 1 saturated heterocycles. The number of unbranched alkanes of at least 4 members (excludes halogenated alkanes) is 11. The summed E-state index contributed by atoms with van der Waals surface area (Å²) in [5.41, 5.74) is 0. The fraction of sp³-hybridized carbons (Fsp3) is 0.871. The average molecular weight is 507 g/mol. The third kappa shape index (κ3) is 19.8. The first-order valence-electron chi connectivity index (χ1n) is 15.5. The second-order valence-corrected chi connectivity index (χ2v) is 10.7. The lowest BCUT2D eigenvalue weighted by Crippen LogP contribution is -2.38. The lowest BCUT2D eigenvalue weighted by molar-refractivity contribution is -0.145. The molecule has 1 amide bonds. The lowest BCUT2D eigenvalue weighted by Gasteiger charge is -2.26. The van der Waals surface area contributed by atoms with Gasteiger partial charge in [0.25, 0.3) is 0 Å². The Bertz CT molecular complexity index is 558. The van der Waals surface area contributed by atoms with E-state index in [1.54, 1.807) is 0 Å². The van der Waals surface area contributed by atoms with Gasteiger partial charge in [-0.15, -0.1) is 0 Å². The molecule has 5 heteroatoms. The Hall–Kier alpha value is -1.36. The molecule has 1 aliphatic heterocycles. The molecule has 36 heavy (non-hydrogen) atoms. The van der Waals surface area contributed by atoms with Crippen molar-refractivity contribution in [2.75, 3.05) is 26.2 Å². The summed E-state index contributed by atoms with van der Waals surface area (Å²) in [5, 5.41) is 3.05. The minimum absolute atomic E-state index is 0.0772. The number of ether oxygens (including phenoxy) is 1. The van der Waals surface area contributed by atoms with Crippen LogP contribution in [0.2, 0.25) is 0 Å². The van der Waals surface area contributed by atoms with Crippen LogP contribution in [-0.4, -0.2) is 49.1 Å². The Morgan fingerprint density at radius 1 is 0.778 bits per heavy atom. The molecule has 0 saturated carbocycles. The number of amides is 1. The zero-order valence-corrected chi connectivity index (χ0v) is 23.9. The van der Waals surface area contributed by atoms with Crippen molar-refractivity contribution < 1.29 is 14.3 Å². The number of rotatable bonds is 23. The van der Waals surface area contributed by atoms with Crippen molar-refractivity contribution in [3.05, 3.63) is 12.2 Å². The Morgan fingerprint density at radius 3 is 2.03 bits per heavy atom. The van der Waals surface area contributed by atoms with E-state index >= 15 is 0 Å². The van der Waals surface area contributed by atoms with Crippen LogP contribution in [0.4, 0.5) is 0 Å². The van der Waals surface area contributed by atoms with Gasteiger partial charge >= 0.3 is 5.97 Å². The maximum Gasteiger partial charge on any atom is 0.305 e. The number of hydrogen-bond acceptors (Lipinski definition) is 4. The number of nitrogens with zero attached hydrogens (tertiary/aromatic N) is 1. The number of carbonyl (C=O) groups is 2. The van der Waals surface area contributed by atoms with Gasteiger partial charge in [-0.2, -0.15) is 0 Å². The van der Waals surface area contributed by atoms with Gasteiger partial charge in [0.1, 0.15) is 6.61 Å². The summed E-state index contributed by atoms with van der Waals surface area (Å²) in [6.45, 7) is 7.89. The van der Waals surface area contributed by atoms with Crippen LogP contribution in [0.25, 0.3) is 0 Å². The quantitative estimate of drug-likeness (QED) is 0.0875. The summed E-state index contributed by atoms with van der Waals surface area (Å²) in [7, 11) is 0. The van der Waals surface area contributed by atoms with E-state index in [0.717, 1.165) is 45.3 Å². The number of esters is 1. The highest BCUT2D eigenvalue weighted by Crippen LogP contribution is 2.11. The van der Waals surface area contributed by atoms with Crippen molar-refractivity contribution in [3.63, 3.8) is 0 Å². The molecule has 1 atom stereocenters. The van der Waals surface area contributed by atoms with Crippen molar-refractivity contribution in [2.24, 2.45) is 0 Å². The highest BCUT2D eigenvalue weighted by Gasteiger charge is 2.14. The zero-order valence-electron chi connectivity index (χ0n) is 23.9. The molecule has 0 aromatic heterocycles. The molecule has 5 nitrogen and oxygen atoms in total. The predicted molar refractivity (Wildman–Crippen MR) is 152 cm³/mol. The maximum atomic E-state index is 12.3. The van der Waals surface area contributed by atoms with Gasteiger partial charge in [0.05, 0.1) is 6.04 Å². The van der Waals surface area contributed by atoms with Crippen molar-refractivity contribution in [1.82, 2.24) is 10.2 Å². The molecule has 210 valence electrons. The third-order valence-electron chi connectivity index (χ3n) is 7.27. The van der Waals surface area contributed by atoms with Gasteiger partial charge in [0.15, 0.2) is 0 Å². The summed E-state index contributed by atoms with van der Waals surface area (Å²) in [4.78, 5) is 26.8. The molecule has 1 unspecified atom stereocenters. The van der Waals surface area contributed by atoms with E-state index in [1.807, 2.05) is 6.92 Å². The smallest absolute Gasteiger partial charge is 0.305 e. The Morgan fingerprint density at radius 2 is 1.39 bits per heavy atom. The second kappa shape index (κ2) is 24.0. The van der Waals surface area contributed by atoms with E-state index in [9.17, 15) is 9.59 Å². The molecule has 0 radical (unpaired) electrons. The Kier molecular flexibility index (Phi) is 21.8. The standard InChI is InChI=1S/C31H58N2O3/c1-3-5-6-7-8-9-10-11-12-13-14-15-16-17-19-23-30(34)32-29(4-2)28-36-31(35)24-22-27-33-25-20-18-21-26-33/h11-12,29H,3-10,13-28H2,1-2H3,(H,32,34)/b12-11-. The molecule has 1 heterocycles. The summed E-state index contributed by atoms with van der Waals surface area (Å²) in [5.74, 6) is -0.0578. The van der Waals surface area contributed by atoms with Crippen LogP contribution in [0.1, 0.15) is 142 Å². The number of carbonyl (C=O) groups excluding carboxylic acids is 2. The van der Waals surface area contributed by atoms with Gasteiger partial charge in [-0.1, -0.05) is 83.8 Å². The van der Waals surface area contributed by atoms with Crippen LogP contribution in [0.5, 0.6) is 0 Å². The normalized spacial score (nSPS) is 15.3. The Balaban J connectivity index is 1.93. The number of allylic oxidation sites excluding steroid dienone is 2. The van der Waals surface area contributed by atoms with Crippen LogP contribution < -0.4 is 5.32 Å². The van der Waals surface area contributed by atoms with Crippen LogP contribution in [0.15, 0.2) is 12.2 Å². The van der Waals surface area contributed by atoms with E-state index in [4.69, 9.17) is 4.74 Å². The van der Waals surface area contributed by atoms with E-state index in [0.29, 0.717) is 12.8 Å². The summed E-state index contributed by atoms with van der Waals surface area (Å²) in [6.07, 6.45) is 27.6. The summed E-state index contributed by atoms with van der Waals surface area (Å²) < 4.78 is 5.44. The van der Waals surface area contributed by atoms with Gasteiger partial charge in [-0.3, -0.25) is 9.59 Å². The van der Waals surface area contributed by atoms with Gasteiger partial charge in [-0.05, 0) is 77.4 Å². The first-order valence-corrected chi connectivity index (χ1v) is 15.5. The molecule has 0 bridgehead atoms. The Labute approximate surface area is 223 Å². The molecule has 0 aliphatic carbocycles. The van der Waals surface area contributed by atoms with Crippen LogP contribution >= 0.6 is 0 Å². The molecule has 1 rings (SSSR count). The van der Waals surface area contributed by atoms with Gasteiger partial charge < -0.3 is 15.0 Å². The third-order valence-corrected chi connectivity index (χ3v) is 7.27. The molecule has 0 aromatic rings. The van der Waals surface area contributed by atoms with E-state index in [-0.39, 0.29) is 24.5 Å². The first kappa shape index (κ1) is 32.7. The van der Waals surface area contributed by atoms with Crippen molar-refractivity contribution in [3.8, 4) is 0 Å². The topological polar surface area (TPSA) is 58.6 Å². The van der Waals surface area contributed by atoms with E-state index < -0.39 is 0 Å². The van der Waals surface area contributed by atoms with Gasteiger partial charge in [0, 0.05) is 12.8 Å². The average Bonchev–Trinajstić information content (AvgIpc) is 2.89. The fourth-order valence-corrected chi connectivity index (χ4v) is 4.81. The second-order valence-electron chi connectivity index (χ2n) is 10.7. The highest BCUT2D eigenvalue weighted by molar-refractivity contribution is 5.76.